The molecule has 1 aromatic rings. The number of carbonyl (C=O) groups is 1. The Kier molecular flexibility index (Phi) is 3.37. The van der Waals surface area contributed by atoms with Gasteiger partial charge in [0.25, 0.3) is 0 Å². The standard InChI is InChI=1S/C18H24N2O2.H2/c21-17(22)20-13-18(15-7-3-4-8-16(15)20)9-11-19(12-10-18)14-5-1-2-6-14;/h3-4,7-8,14H,1-2,5-6,9-13H2,(H,21,22);1H. The summed E-state index contributed by atoms with van der Waals surface area (Å²) in [7, 11) is 0. The summed E-state index contributed by atoms with van der Waals surface area (Å²) in [6, 6.07) is 8.88. The molecular formula is C18H26N2O2. The van der Waals surface area contributed by atoms with E-state index in [2.05, 4.69) is 17.0 Å². The highest BCUT2D eigenvalue weighted by atomic mass is 16.4. The van der Waals surface area contributed by atoms with E-state index in [4.69, 9.17) is 0 Å². The van der Waals surface area contributed by atoms with Gasteiger partial charge in [-0.2, -0.15) is 0 Å². The van der Waals surface area contributed by atoms with Gasteiger partial charge >= 0.3 is 6.09 Å². The Labute approximate surface area is 133 Å². The molecule has 1 aromatic carbocycles. The molecule has 0 radical (unpaired) electrons. The Morgan fingerprint density at radius 2 is 1.86 bits per heavy atom. The molecule has 1 saturated heterocycles. The van der Waals surface area contributed by atoms with Crippen molar-refractivity contribution in [3.05, 3.63) is 29.8 Å². The van der Waals surface area contributed by atoms with E-state index in [0.29, 0.717) is 6.54 Å². The largest absolute Gasteiger partial charge is 0.465 e. The number of benzene rings is 1. The molecule has 120 valence electrons. The monoisotopic (exact) mass is 302 g/mol. The van der Waals surface area contributed by atoms with Crippen molar-refractivity contribution in [1.82, 2.24) is 4.90 Å². The quantitative estimate of drug-likeness (QED) is 0.860. The molecule has 0 bridgehead atoms. The van der Waals surface area contributed by atoms with Crippen molar-refractivity contribution < 1.29 is 11.3 Å². The fourth-order valence-corrected chi connectivity index (χ4v) is 4.82. The lowest BCUT2D eigenvalue weighted by atomic mass is 9.74. The summed E-state index contributed by atoms with van der Waals surface area (Å²) in [6.07, 6.45) is 6.82. The van der Waals surface area contributed by atoms with Crippen LogP contribution in [0.4, 0.5) is 10.5 Å². The third kappa shape index (κ3) is 2.12. The van der Waals surface area contributed by atoms with E-state index in [0.717, 1.165) is 37.7 Å². The SMILES string of the molecule is O=C(O)N1CC2(CCN(C3CCCC3)CC2)c2ccccc21.[HH]. The molecule has 1 spiro atoms. The number of anilines is 1. The molecule has 1 amide bonds. The van der Waals surface area contributed by atoms with E-state index in [1.807, 2.05) is 12.1 Å². The lowest BCUT2D eigenvalue weighted by Gasteiger charge is -2.42. The summed E-state index contributed by atoms with van der Waals surface area (Å²) >= 11 is 0. The van der Waals surface area contributed by atoms with Gasteiger partial charge in [0.05, 0.1) is 5.69 Å². The highest BCUT2D eigenvalue weighted by Crippen LogP contribution is 2.47. The second-order valence-corrected chi connectivity index (χ2v) is 7.14. The van der Waals surface area contributed by atoms with Gasteiger partial charge in [-0.15, -0.1) is 0 Å². The van der Waals surface area contributed by atoms with E-state index in [1.165, 1.54) is 31.2 Å². The van der Waals surface area contributed by atoms with Crippen molar-refractivity contribution in [1.29, 1.82) is 0 Å². The number of piperidine rings is 1. The third-order valence-corrected chi connectivity index (χ3v) is 6.05. The summed E-state index contributed by atoms with van der Waals surface area (Å²) in [5, 5.41) is 9.51. The van der Waals surface area contributed by atoms with Crippen molar-refractivity contribution in [3.8, 4) is 0 Å². The minimum Gasteiger partial charge on any atom is -0.465 e. The summed E-state index contributed by atoms with van der Waals surface area (Å²) in [5.41, 5.74) is 2.21. The molecule has 4 rings (SSSR count). The van der Waals surface area contributed by atoms with Crippen LogP contribution in [0.1, 0.15) is 45.5 Å². The number of hydrogen-bond donors (Lipinski definition) is 1. The first kappa shape index (κ1) is 14.1. The number of likely N-dealkylation sites (tertiary alicyclic amines) is 1. The molecule has 4 nitrogen and oxygen atoms in total. The summed E-state index contributed by atoms with van der Waals surface area (Å²) in [4.78, 5) is 15.8. The zero-order chi connectivity index (χ0) is 15.2. The third-order valence-electron chi connectivity index (χ3n) is 6.05. The number of fused-ring (bicyclic) bond motifs is 2. The number of carboxylic acid groups (broad SMARTS) is 1. The van der Waals surface area contributed by atoms with Crippen LogP contribution >= 0.6 is 0 Å². The van der Waals surface area contributed by atoms with Crippen LogP contribution in [0.5, 0.6) is 0 Å². The first-order valence-electron chi connectivity index (χ1n) is 8.54. The molecule has 2 heterocycles. The fourth-order valence-electron chi connectivity index (χ4n) is 4.82. The molecule has 22 heavy (non-hydrogen) atoms. The van der Waals surface area contributed by atoms with Gasteiger partial charge in [-0.05, 0) is 50.4 Å². The molecule has 1 aliphatic carbocycles. The Morgan fingerprint density at radius 3 is 2.55 bits per heavy atom. The zero-order valence-corrected chi connectivity index (χ0v) is 13.0. The van der Waals surface area contributed by atoms with Gasteiger partial charge in [0.15, 0.2) is 0 Å². The van der Waals surface area contributed by atoms with Crippen molar-refractivity contribution in [2.24, 2.45) is 0 Å². The fraction of sp³-hybridized carbons (Fsp3) is 0.611. The minimum atomic E-state index is -0.817. The van der Waals surface area contributed by atoms with Gasteiger partial charge in [-0.3, -0.25) is 4.90 Å². The maximum absolute atomic E-state index is 11.6. The van der Waals surface area contributed by atoms with Gasteiger partial charge in [0.2, 0.25) is 0 Å². The average molecular weight is 302 g/mol. The zero-order valence-electron chi connectivity index (χ0n) is 13.0. The highest BCUT2D eigenvalue weighted by molar-refractivity contribution is 5.90. The van der Waals surface area contributed by atoms with Crippen LogP contribution in [-0.2, 0) is 5.41 Å². The number of amides is 1. The topological polar surface area (TPSA) is 43.8 Å². The first-order chi connectivity index (χ1) is 10.7. The van der Waals surface area contributed by atoms with Gasteiger partial charge in [-0.1, -0.05) is 31.0 Å². The van der Waals surface area contributed by atoms with Crippen LogP contribution in [0, 0.1) is 0 Å². The van der Waals surface area contributed by atoms with Gasteiger partial charge in [0.1, 0.15) is 0 Å². The normalized spacial score (nSPS) is 24.8. The van der Waals surface area contributed by atoms with Crippen LogP contribution in [0.15, 0.2) is 24.3 Å². The predicted molar refractivity (Wildman–Crippen MR) is 88.7 cm³/mol. The molecule has 0 unspecified atom stereocenters. The summed E-state index contributed by atoms with van der Waals surface area (Å²) in [5.74, 6) is 0. The number of para-hydroxylation sites is 1. The number of rotatable bonds is 1. The molecular weight excluding hydrogens is 276 g/mol. The van der Waals surface area contributed by atoms with Crippen LogP contribution in [0.25, 0.3) is 0 Å². The van der Waals surface area contributed by atoms with Crippen molar-refractivity contribution in [3.63, 3.8) is 0 Å². The number of hydrogen-bond acceptors (Lipinski definition) is 2. The second-order valence-electron chi connectivity index (χ2n) is 7.14. The van der Waals surface area contributed by atoms with Crippen LogP contribution in [0.3, 0.4) is 0 Å². The molecule has 4 heteroatoms. The highest BCUT2D eigenvalue weighted by Gasteiger charge is 2.46. The van der Waals surface area contributed by atoms with Gasteiger partial charge in [-0.25, -0.2) is 4.79 Å². The van der Waals surface area contributed by atoms with Crippen LogP contribution in [0.2, 0.25) is 0 Å². The molecule has 0 atom stereocenters. The smallest absolute Gasteiger partial charge is 0.411 e. The minimum absolute atomic E-state index is 0. The summed E-state index contributed by atoms with van der Waals surface area (Å²) < 4.78 is 0. The lowest BCUT2D eigenvalue weighted by Crippen LogP contribution is -2.48. The van der Waals surface area contributed by atoms with Crippen LogP contribution in [-0.4, -0.2) is 41.8 Å². The molecule has 2 fully saturated rings. The average Bonchev–Trinajstić information content (AvgIpc) is 3.16. The summed E-state index contributed by atoms with van der Waals surface area (Å²) in [6.45, 7) is 2.87. The lowest BCUT2D eigenvalue weighted by molar-refractivity contribution is 0.121. The Morgan fingerprint density at radius 1 is 1.18 bits per heavy atom. The van der Waals surface area contributed by atoms with Crippen molar-refractivity contribution >= 4 is 11.8 Å². The Balaban J connectivity index is 0.00000156. The van der Waals surface area contributed by atoms with E-state index in [-0.39, 0.29) is 6.84 Å². The molecule has 2 aliphatic heterocycles. The second kappa shape index (κ2) is 5.27. The van der Waals surface area contributed by atoms with Crippen molar-refractivity contribution in [2.75, 3.05) is 24.5 Å². The maximum Gasteiger partial charge on any atom is 0.411 e. The van der Waals surface area contributed by atoms with Gasteiger partial charge < -0.3 is 10.0 Å². The Hall–Kier alpha value is -1.55. The number of nitrogens with zero attached hydrogens (tertiary/aromatic N) is 2. The molecule has 3 aliphatic rings. The van der Waals surface area contributed by atoms with E-state index < -0.39 is 6.09 Å². The molecule has 1 N–H and O–H groups in total. The van der Waals surface area contributed by atoms with E-state index in [1.54, 1.807) is 4.90 Å². The van der Waals surface area contributed by atoms with Crippen LogP contribution < -0.4 is 4.90 Å². The Bertz CT molecular complexity index is 578. The predicted octanol–water partition coefficient (Wildman–Crippen LogP) is 3.71. The van der Waals surface area contributed by atoms with E-state index >= 15 is 0 Å². The van der Waals surface area contributed by atoms with Gasteiger partial charge in [0, 0.05) is 19.4 Å². The first-order valence-corrected chi connectivity index (χ1v) is 8.54. The molecule has 0 aromatic heterocycles. The maximum atomic E-state index is 11.6. The molecule has 1 saturated carbocycles. The van der Waals surface area contributed by atoms with E-state index in [9.17, 15) is 9.90 Å². The van der Waals surface area contributed by atoms with Crippen molar-refractivity contribution in [2.45, 2.75) is 50.0 Å².